The number of nitrogens with one attached hydrogen (secondary N) is 1. The summed E-state index contributed by atoms with van der Waals surface area (Å²) in [5.41, 5.74) is 3.24. The van der Waals surface area contributed by atoms with Gasteiger partial charge in [-0.2, -0.15) is 0 Å². The maximum atomic E-state index is 12.9. The van der Waals surface area contributed by atoms with Gasteiger partial charge in [-0.3, -0.25) is 9.59 Å². The monoisotopic (exact) mass is 476 g/mol. The first-order valence-electron chi connectivity index (χ1n) is 11.1. The number of fused-ring (bicyclic) bond motifs is 1. The quantitative estimate of drug-likeness (QED) is 0.556. The van der Waals surface area contributed by atoms with E-state index in [0.29, 0.717) is 47.8 Å². The second-order valence-corrected chi connectivity index (χ2v) is 9.32. The first-order chi connectivity index (χ1) is 16.4. The van der Waals surface area contributed by atoms with Crippen LogP contribution in [0.2, 0.25) is 0 Å². The minimum Gasteiger partial charge on any atom is -0.486 e. The van der Waals surface area contributed by atoms with E-state index in [0.717, 1.165) is 16.3 Å². The van der Waals surface area contributed by atoms with Gasteiger partial charge in [0, 0.05) is 46.7 Å². The number of hydrogen-bond acceptors (Lipinski definition) is 7. The molecular formula is C25H24N4O4S. The van der Waals surface area contributed by atoms with Crippen molar-refractivity contribution in [1.29, 1.82) is 0 Å². The molecule has 2 amide bonds. The summed E-state index contributed by atoms with van der Waals surface area (Å²) in [6, 6.07) is 14.9. The number of hydrogen-bond donors (Lipinski definition) is 1. The lowest BCUT2D eigenvalue weighted by Crippen LogP contribution is -2.28. The van der Waals surface area contributed by atoms with Gasteiger partial charge in [-0.25, -0.2) is 9.97 Å². The number of carbonyl (C=O) groups is 2. The summed E-state index contributed by atoms with van der Waals surface area (Å²) in [5.74, 6) is 0.595. The van der Waals surface area contributed by atoms with Crippen LogP contribution in [0.1, 0.15) is 17.8 Å². The van der Waals surface area contributed by atoms with Gasteiger partial charge in [-0.05, 0) is 68.1 Å². The first kappa shape index (κ1) is 22.2. The van der Waals surface area contributed by atoms with Crippen LogP contribution in [-0.2, 0) is 9.59 Å². The van der Waals surface area contributed by atoms with E-state index < -0.39 is 5.92 Å². The highest BCUT2D eigenvalue weighted by atomic mass is 32.2. The highest BCUT2D eigenvalue weighted by molar-refractivity contribution is 7.99. The SMILES string of the molecule is Cc1cc(C)nc(Sc2ccc(NC(=O)C3CC(=O)N(c4ccc5c(c4)OCCO5)C3)cc2)n1. The summed E-state index contributed by atoms with van der Waals surface area (Å²) in [6.07, 6.45) is 0.165. The Hall–Kier alpha value is -3.59. The molecule has 8 nitrogen and oxygen atoms in total. The fourth-order valence-electron chi connectivity index (χ4n) is 4.03. The zero-order valence-electron chi connectivity index (χ0n) is 18.9. The van der Waals surface area contributed by atoms with Crippen LogP contribution in [0.4, 0.5) is 11.4 Å². The highest BCUT2D eigenvalue weighted by Gasteiger charge is 2.35. The Morgan fingerprint density at radius 2 is 1.71 bits per heavy atom. The van der Waals surface area contributed by atoms with E-state index in [1.54, 1.807) is 17.0 Å². The predicted molar refractivity (Wildman–Crippen MR) is 129 cm³/mol. The lowest BCUT2D eigenvalue weighted by Gasteiger charge is -2.22. The van der Waals surface area contributed by atoms with E-state index in [-0.39, 0.29) is 18.2 Å². The molecule has 0 spiro atoms. The van der Waals surface area contributed by atoms with Crippen LogP contribution in [0.15, 0.2) is 58.6 Å². The number of nitrogens with zero attached hydrogens (tertiary/aromatic N) is 3. The fourth-order valence-corrected chi connectivity index (χ4v) is 4.89. The zero-order chi connectivity index (χ0) is 23.7. The molecular weight excluding hydrogens is 452 g/mol. The van der Waals surface area contributed by atoms with Gasteiger partial charge in [0.15, 0.2) is 16.7 Å². The van der Waals surface area contributed by atoms with Crippen molar-refractivity contribution < 1.29 is 19.1 Å². The molecule has 0 bridgehead atoms. The molecule has 1 atom stereocenters. The molecule has 0 radical (unpaired) electrons. The average molecular weight is 477 g/mol. The smallest absolute Gasteiger partial charge is 0.229 e. The molecule has 2 aliphatic heterocycles. The van der Waals surface area contributed by atoms with Crippen LogP contribution in [0, 0.1) is 19.8 Å². The van der Waals surface area contributed by atoms with Gasteiger partial charge in [0.2, 0.25) is 11.8 Å². The van der Waals surface area contributed by atoms with E-state index in [9.17, 15) is 9.59 Å². The largest absolute Gasteiger partial charge is 0.486 e. The van der Waals surface area contributed by atoms with E-state index in [4.69, 9.17) is 9.47 Å². The van der Waals surface area contributed by atoms with Crippen LogP contribution in [0.5, 0.6) is 11.5 Å². The van der Waals surface area contributed by atoms with Gasteiger partial charge < -0.3 is 19.7 Å². The molecule has 2 aromatic carbocycles. The minimum absolute atomic E-state index is 0.0861. The average Bonchev–Trinajstić information content (AvgIpc) is 3.21. The summed E-state index contributed by atoms with van der Waals surface area (Å²) < 4.78 is 11.2. The van der Waals surface area contributed by atoms with E-state index >= 15 is 0 Å². The van der Waals surface area contributed by atoms with E-state index in [1.807, 2.05) is 50.2 Å². The summed E-state index contributed by atoms with van der Waals surface area (Å²) in [7, 11) is 0. The van der Waals surface area contributed by atoms with Gasteiger partial charge in [-0.15, -0.1) is 0 Å². The van der Waals surface area contributed by atoms with Crippen molar-refractivity contribution >= 4 is 35.0 Å². The molecule has 0 saturated carbocycles. The minimum atomic E-state index is -0.432. The third-order valence-electron chi connectivity index (χ3n) is 5.63. The fraction of sp³-hybridized carbons (Fsp3) is 0.280. The standard InChI is InChI=1S/C25H24N4O4S/c1-15-11-16(2)27-25(26-15)34-20-6-3-18(4-7-20)28-24(31)17-12-23(30)29(14-17)19-5-8-21-22(13-19)33-10-9-32-21/h3-8,11,13,17H,9-10,12,14H2,1-2H3,(H,28,31). The topological polar surface area (TPSA) is 93.7 Å². The van der Waals surface area contributed by atoms with Crippen LogP contribution in [0.3, 0.4) is 0 Å². The van der Waals surface area contributed by atoms with Crippen molar-refractivity contribution in [1.82, 2.24) is 9.97 Å². The molecule has 0 aliphatic carbocycles. The Balaban J connectivity index is 1.21. The zero-order valence-corrected chi connectivity index (χ0v) is 19.7. The first-order valence-corrected chi connectivity index (χ1v) is 11.9. The Kier molecular flexibility index (Phi) is 6.10. The Bertz CT molecular complexity index is 1230. The van der Waals surface area contributed by atoms with Gasteiger partial charge >= 0.3 is 0 Å². The lowest BCUT2D eigenvalue weighted by atomic mass is 10.1. The third kappa shape index (κ3) is 4.84. The van der Waals surface area contributed by atoms with Gasteiger partial charge in [0.1, 0.15) is 13.2 Å². The van der Waals surface area contributed by atoms with Crippen LogP contribution in [0.25, 0.3) is 0 Å². The summed E-state index contributed by atoms with van der Waals surface area (Å²) in [6.45, 7) is 5.20. The molecule has 1 unspecified atom stereocenters. The molecule has 1 saturated heterocycles. The normalized spacial score (nSPS) is 17.1. The van der Waals surface area contributed by atoms with E-state index in [1.165, 1.54) is 11.8 Å². The van der Waals surface area contributed by atoms with E-state index in [2.05, 4.69) is 15.3 Å². The van der Waals surface area contributed by atoms with Crippen LogP contribution in [-0.4, -0.2) is 41.5 Å². The molecule has 1 fully saturated rings. The Labute approximate surface area is 201 Å². The maximum Gasteiger partial charge on any atom is 0.229 e. The molecule has 34 heavy (non-hydrogen) atoms. The van der Waals surface area contributed by atoms with Crippen molar-refractivity contribution in [3.63, 3.8) is 0 Å². The third-order valence-corrected chi connectivity index (χ3v) is 6.50. The number of carbonyl (C=O) groups excluding carboxylic acids is 2. The van der Waals surface area contributed by atoms with Gasteiger partial charge in [0.05, 0.1) is 5.92 Å². The number of ether oxygens (including phenoxy) is 2. The van der Waals surface area contributed by atoms with Crippen molar-refractivity contribution in [3.05, 3.63) is 59.9 Å². The Morgan fingerprint density at radius 1 is 1.00 bits per heavy atom. The molecule has 3 heterocycles. The molecule has 2 aliphatic rings. The van der Waals surface area contributed by atoms with Crippen molar-refractivity contribution in [2.75, 3.05) is 30.0 Å². The molecule has 5 rings (SSSR count). The number of benzene rings is 2. The predicted octanol–water partition coefficient (Wildman–Crippen LogP) is 4.01. The van der Waals surface area contributed by atoms with Crippen molar-refractivity contribution in [3.8, 4) is 11.5 Å². The number of rotatable bonds is 5. The second kappa shape index (κ2) is 9.34. The Morgan fingerprint density at radius 3 is 2.44 bits per heavy atom. The summed E-state index contributed by atoms with van der Waals surface area (Å²) in [4.78, 5) is 37.0. The maximum absolute atomic E-state index is 12.9. The van der Waals surface area contributed by atoms with Gasteiger partial charge in [0.25, 0.3) is 0 Å². The molecule has 174 valence electrons. The number of aromatic nitrogens is 2. The second-order valence-electron chi connectivity index (χ2n) is 8.28. The number of anilines is 2. The lowest BCUT2D eigenvalue weighted by molar-refractivity contribution is -0.122. The van der Waals surface area contributed by atoms with Crippen LogP contribution < -0.4 is 19.7 Å². The van der Waals surface area contributed by atoms with Gasteiger partial charge in [-0.1, -0.05) is 0 Å². The molecule has 1 aromatic heterocycles. The summed E-state index contributed by atoms with van der Waals surface area (Å²) in [5, 5.41) is 3.63. The molecule has 3 aromatic rings. The molecule has 1 N–H and O–H groups in total. The number of amides is 2. The highest BCUT2D eigenvalue weighted by Crippen LogP contribution is 2.36. The summed E-state index contributed by atoms with van der Waals surface area (Å²) >= 11 is 1.47. The van der Waals surface area contributed by atoms with Crippen molar-refractivity contribution in [2.45, 2.75) is 30.3 Å². The number of aryl methyl sites for hydroxylation is 2. The van der Waals surface area contributed by atoms with Crippen molar-refractivity contribution in [2.24, 2.45) is 5.92 Å². The van der Waals surface area contributed by atoms with Crippen LogP contribution >= 0.6 is 11.8 Å². The molecule has 9 heteroatoms.